The Bertz CT molecular complexity index is 867. The van der Waals surface area contributed by atoms with Gasteiger partial charge < -0.3 is 20.4 Å². The molecule has 0 unspecified atom stereocenters. The fourth-order valence-corrected chi connectivity index (χ4v) is 7.72. The number of rotatable bonds is 7. The number of hydrogen-bond acceptors (Lipinski definition) is 5. The Morgan fingerprint density at radius 2 is 1.91 bits per heavy atom. The molecule has 4 aliphatic carbocycles. The third-order valence-corrected chi connectivity index (χ3v) is 9.65. The largest absolute Gasteiger partial charge is 0.480 e. The lowest BCUT2D eigenvalue weighted by atomic mass is 9.47. The van der Waals surface area contributed by atoms with Crippen LogP contribution in [-0.4, -0.2) is 46.6 Å². The van der Waals surface area contributed by atoms with Crippen molar-refractivity contribution in [1.82, 2.24) is 5.32 Å². The van der Waals surface area contributed by atoms with E-state index in [1.165, 1.54) is 18.4 Å². The van der Waals surface area contributed by atoms with E-state index in [-0.39, 0.29) is 29.5 Å². The fourth-order valence-electron chi connectivity index (χ4n) is 7.72. The number of nitrogens with one attached hydrogen (secondary N) is 1. The summed E-state index contributed by atoms with van der Waals surface area (Å²) in [6.45, 7) is 8.31. The van der Waals surface area contributed by atoms with Gasteiger partial charge in [-0.25, -0.2) is 4.79 Å². The van der Waals surface area contributed by atoms with E-state index in [9.17, 15) is 19.8 Å². The highest BCUT2D eigenvalue weighted by molar-refractivity contribution is 5.96. The maximum atomic E-state index is 12.2. The molecule has 4 aliphatic rings. The van der Waals surface area contributed by atoms with Crippen LogP contribution in [0.2, 0.25) is 0 Å². The van der Waals surface area contributed by atoms with Crippen molar-refractivity contribution in [2.45, 2.75) is 97.6 Å². The summed E-state index contributed by atoms with van der Waals surface area (Å²) in [6, 6.07) is -0.908. The zero-order valence-electron chi connectivity index (χ0n) is 21.2. The topological polar surface area (TPSA) is 108 Å². The summed E-state index contributed by atoms with van der Waals surface area (Å²) >= 11 is 0. The molecule has 4 rings (SSSR count). The average Bonchev–Trinajstić information content (AvgIpc) is 3.07. The SMILES string of the molecule is CC(C)C[C@@H](NC(=O)CO/N=C1\C=C2CC[C@H]3[C@H]4CC[C@H](O)[C@@]4(C)CC[C@H]3[C@@]2(C)CC1)C(=O)O. The van der Waals surface area contributed by atoms with Gasteiger partial charge >= 0.3 is 5.97 Å². The van der Waals surface area contributed by atoms with Crippen LogP contribution in [0.3, 0.4) is 0 Å². The van der Waals surface area contributed by atoms with Gasteiger partial charge in [0, 0.05) is 0 Å². The van der Waals surface area contributed by atoms with E-state index in [1.807, 2.05) is 13.8 Å². The molecule has 34 heavy (non-hydrogen) atoms. The van der Waals surface area contributed by atoms with Gasteiger partial charge in [0.2, 0.25) is 0 Å². The predicted octanol–water partition coefficient (Wildman–Crippen LogP) is 4.30. The van der Waals surface area contributed by atoms with Crippen molar-refractivity contribution in [3.8, 4) is 0 Å². The highest BCUT2D eigenvalue weighted by Gasteiger charge is 2.58. The van der Waals surface area contributed by atoms with E-state index >= 15 is 0 Å². The van der Waals surface area contributed by atoms with Crippen molar-refractivity contribution in [2.75, 3.05) is 6.61 Å². The van der Waals surface area contributed by atoms with Crippen LogP contribution in [0.4, 0.5) is 0 Å². The van der Waals surface area contributed by atoms with Gasteiger partial charge in [-0.15, -0.1) is 0 Å². The number of aliphatic hydroxyl groups excluding tert-OH is 1. The quantitative estimate of drug-likeness (QED) is 0.477. The second-order valence-corrected chi connectivity index (χ2v) is 12.1. The Balaban J connectivity index is 1.37. The number of hydrogen-bond donors (Lipinski definition) is 3. The van der Waals surface area contributed by atoms with Crippen molar-refractivity contribution in [3.63, 3.8) is 0 Å². The van der Waals surface area contributed by atoms with Crippen molar-refractivity contribution < 1.29 is 24.6 Å². The number of carboxylic acid groups (broad SMARTS) is 1. The van der Waals surface area contributed by atoms with Crippen molar-refractivity contribution in [2.24, 2.45) is 39.7 Å². The second-order valence-electron chi connectivity index (χ2n) is 12.1. The minimum atomic E-state index is -1.03. The van der Waals surface area contributed by atoms with Crippen LogP contribution >= 0.6 is 0 Å². The minimum Gasteiger partial charge on any atom is -0.480 e. The Labute approximate surface area is 203 Å². The fraction of sp³-hybridized carbons (Fsp3) is 0.815. The van der Waals surface area contributed by atoms with Crippen molar-refractivity contribution >= 4 is 17.6 Å². The molecule has 3 saturated carbocycles. The van der Waals surface area contributed by atoms with Gasteiger partial charge in [-0.1, -0.05) is 38.4 Å². The van der Waals surface area contributed by atoms with E-state index < -0.39 is 17.9 Å². The molecule has 0 heterocycles. The minimum absolute atomic E-state index is 0.100. The van der Waals surface area contributed by atoms with Crippen LogP contribution in [0.5, 0.6) is 0 Å². The molecule has 0 radical (unpaired) electrons. The Morgan fingerprint density at radius 3 is 2.62 bits per heavy atom. The molecule has 0 aromatic heterocycles. The van der Waals surface area contributed by atoms with Crippen LogP contribution in [0.15, 0.2) is 16.8 Å². The van der Waals surface area contributed by atoms with E-state index in [0.717, 1.165) is 44.2 Å². The first-order chi connectivity index (χ1) is 16.0. The van der Waals surface area contributed by atoms with Crippen LogP contribution in [0, 0.1) is 34.5 Å². The number of carboxylic acids is 1. The molecule has 3 fully saturated rings. The van der Waals surface area contributed by atoms with Gasteiger partial charge in [0.1, 0.15) is 6.04 Å². The summed E-state index contributed by atoms with van der Waals surface area (Å²) in [5.41, 5.74) is 2.60. The highest BCUT2D eigenvalue weighted by atomic mass is 16.6. The first kappa shape index (κ1) is 25.2. The summed E-state index contributed by atoms with van der Waals surface area (Å²) in [5, 5.41) is 26.7. The van der Waals surface area contributed by atoms with E-state index in [0.29, 0.717) is 24.2 Å². The molecule has 0 spiro atoms. The number of amides is 1. The molecule has 1 amide bonds. The molecule has 7 nitrogen and oxygen atoms in total. The molecule has 7 heteroatoms. The lowest BCUT2D eigenvalue weighted by Gasteiger charge is -2.57. The lowest BCUT2D eigenvalue weighted by molar-refractivity contribution is -0.143. The van der Waals surface area contributed by atoms with Crippen molar-refractivity contribution in [3.05, 3.63) is 11.6 Å². The summed E-state index contributed by atoms with van der Waals surface area (Å²) in [4.78, 5) is 28.8. The Hall–Kier alpha value is -1.89. The number of aliphatic hydroxyl groups is 1. The zero-order chi connectivity index (χ0) is 24.7. The maximum Gasteiger partial charge on any atom is 0.326 e. The molecule has 3 N–H and O–H groups in total. The van der Waals surface area contributed by atoms with Crippen LogP contribution < -0.4 is 5.32 Å². The standard InChI is InChI=1S/C27H42N2O5/c1-16(2)13-22(25(32)33)28-24(31)15-34-29-18-9-11-26(3)17(14-18)5-6-19-20-7-8-23(30)27(20,4)12-10-21(19)26/h14,16,19-23,30H,5-13,15H2,1-4H3,(H,28,31)(H,32,33)/b29-18-/t19-,20+,21+,22+,23-,26-,27-/m0/s1. The molecule has 0 aromatic carbocycles. The van der Waals surface area contributed by atoms with E-state index in [4.69, 9.17) is 4.84 Å². The van der Waals surface area contributed by atoms with E-state index in [2.05, 4.69) is 30.4 Å². The number of carbonyl (C=O) groups is 2. The smallest absolute Gasteiger partial charge is 0.326 e. The Kier molecular flexibility index (Phi) is 7.14. The molecular weight excluding hydrogens is 432 g/mol. The van der Waals surface area contributed by atoms with Gasteiger partial charge in [-0.2, -0.15) is 0 Å². The summed E-state index contributed by atoms with van der Waals surface area (Å²) < 4.78 is 0. The Morgan fingerprint density at radius 1 is 1.15 bits per heavy atom. The number of nitrogens with zero attached hydrogens (tertiary/aromatic N) is 1. The second kappa shape index (κ2) is 9.63. The predicted molar refractivity (Wildman–Crippen MR) is 130 cm³/mol. The normalized spacial score (nSPS) is 39.0. The van der Waals surface area contributed by atoms with Crippen molar-refractivity contribution in [1.29, 1.82) is 0 Å². The lowest BCUT2D eigenvalue weighted by Crippen LogP contribution is -2.51. The zero-order valence-corrected chi connectivity index (χ0v) is 21.2. The third-order valence-electron chi connectivity index (χ3n) is 9.65. The summed E-state index contributed by atoms with van der Waals surface area (Å²) in [5.74, 6) is 0.674. The molecule has 0 saturated heterocycles. The average molecular weight is 475 g/mol. The van der Waals surface area contributed by atoms with Gasteiger partial charge in [-0.05, 0) is 98.4 Å². The molecule has 0 bridgehead atoms. The van der Waals surface area contributed by atoms with Gasteiger partial charge in [0.25, 0.3) is 5.91 Å². The van der Waals surface area contributed by atoms with Gasteiger partial charge in [-0.3, -0.25) is 4.79 Å². The van der Waals surface area contributed by atoms with E-state index in [1.54, 1.807) is 0 Å². The first-order valence-electron chi connectivity index (χ1n) is 13.1. The summed E-state index contributed by atoms with van der Waals surface area (Å²) in [7, 11) is 0. The molecule has 0 aliphatic heterocycles. The number of allylic oxidation sites excluding steroid dienone is 2. The maximum absolute atomic E-state index is 12.2. The third kappa shape index (κ3) is 4.65. The number of aliphatic carboxylic acids is 1. The molecular formula is C27H42N2O5. The number of carbonyl (C=O) groups excluding carboxylic acids is 1. The number of oxime groups is 1. The van der Waals surface area contributed by atoms with Crippen LogP contribution in [0.25, 0.3) is 0 Å². The molecule has 7 atom stereocenters. The molecule has 0 aromatic rings. The number of fused-ring (bicyclic) bond motifs is 5. The van der Waals surface area contributed by atoms with Gasteiger partial charge in [0.15, 0.2) is 6.61 Å². The summed E-state index contributed by atoms with van der Waals surface area (Å²) in [6.07, 6.45) is 11.0. The highest BCUT2D eigenvalue weighted by Crippen LogP contribution is 2.65. The first-order valence-corrected chi connectivity index (χ1v) is 13.1. The van der Waals surface area contributed by atoms with Gasteiger partial charge in [0.05, 0.1) is 11.8 Å². The van der Waals surface area contributed by atoms with Crippen LogP contribution in [0.1, 0.15) is 85.5 Å². The molecule has 190 valence electrons. The monoisotopic (exact) mass is 474 g/mol. The van der Waals surface area contributed by atoms with Crippen LogP contribution in [-0.2, 0) is 14.4 Å².